The van der Waals surface area contributed by atoms with Gasteiger partial charge in [0.05, 0.1) is 18.7 Å². The van der Waals surface area contributed by atoms with Gasteiger partial charge in [-0.2, -0.15) is 0 Å². The minimum atomic E-state index is -0.405. The summed E-state index contributed by atoms with van der Waals surface area (Å²) >= 11 is 0. The number of carbonyl (C=O) groups excluding carboxylic acids is 2. The average molecular weight is 473 g/mol. The summed E-state index contributed by atoms with van der Waals surface area (Å²) in [6, 6.07) is 20.2. The summed E-state index contributed by atoms with van der Waals surface area (Å²) in [5, 5.41) is 5.49. The highest BCUT2D eigenvalue weighted by atomic mass is 16.5. The summed E-state index contributed by atoms with van der Waals surface area (Å²) < 4.78 is 12.1. The van der Waals surface area contributed by atoms with Crippen LogP contribution in [-0.2, 0) is 22.6 Å². The Labute approximate surface area is 201 Å². The van der Waals surface area contributed by atoms with Crippen LogP contribution in [0.5, 0.6) is 5.75 Å². The van der Waals surface area contributed by atoms with Crippen molar-refractivity contribution in [2.24, 2.45) is 0 Å². The first-order valence-electron chi connectivity index (χ1n) is 11.0. The number of rotatable bonds is 8. The predicted molar refractivity (Wildman–Crippen MR) is 132 cm³/mol. The number of esters is 1. The fourth-order valence-electron chi connectivity index (χ4n) is 3.35. The van der Waals surface area contributed by atoms with E-state index >= 15 is 0 Å². The van der Waals surface area contributed by atoms with E-state index in [-0.39, 0.29) is 24.6 Å². The van der Waals surface area contributed by atoms with Crippen molar-refractivity contribution in [1.29, 1.82) is 0 Å². The number of benzene rings is 2. The van der Waals surface area contributed by atoms with E-state index in [1.54, 1.807) is 73.8 Å². The van der Waals surface area contributed by atoms with Gasteiger partial charge >= 0.3 is 12.0 Å². The van der Waals surface area contributed by atoms with Gasteiger partial charge in [-0.15, -0.1) is 0 Å². The number of hydrogen-bond donors (Lipinski definition) is 2. The molecule has 2 aromatic carbocycles. The van der Waals surface area contributed by atoms with E-state index in [0.717, 1.165) is 5.56 Å². The number of urea groups is 1. The van der Waals surface area contributed by atoms with E-state index in [1.807, 2.05) is 6.07 Å². The molecule has 178 valence electrons. The molecule has 0 aliphatic rings. The van der Waals surface area contributed by atoms with Crippen LogP contribution in [0.15, 0.2) is 83.8 Å². The Kier molecular flexibility index (Phi) is 7.37. The number of pyridine rings is 1. The molecule has 35 heavy (non-hydrogen) atoms. The largest absolute Gasteiger partial charge is 0.487 e. The van der Waals surface area contributed by atoms with Crippen molar-refractivity contribution < 1.29 is 19.1 Å². The highest BCUT2D eigenvalue weighted by Gasteiger charge is 2.07. The van der Waals surface area contributed by atoms with Crippen LogP contribution >= 0.6 is 0 Å². The quantitative estimate of drug-likeness (QED) is 0.375. The maximum Gasteiger partial charge on any atom is 0.323 e. The average Bonchev–Trinajstić information content (AvgIpc) is 2.85. The molecule has 0 aliphatic heterocycles. The number of nitrogens with one attached hydrogen (secondary N) is 2. The third kappa shape index (κ3) is 6.44. The lowest BCUT2D eigenvalue weighted by atomic mass is 10.1. The molecule has 0 fully saturated rings. The van der Waals surface area contributed by atoms with Crippen molar-refractivity contribution in [3.63, 3.8) is 0 Å². The standard InChI is InChI=1S/C26H24N4O5/c1-2-34-25(32)15-18-6-8-19(9-7-18)28-26(33)29-20-10-12-22(13-11-20)35-17-21-16-24(31)30-14-4-3-5-23(30)27-21/h3-14,16H,2,15,17H2,1H3,(H2,28,29,33). The molecule has 4 rings (SSSR count). The first-order valence-corrected chi connectivity index (χ1v) is 11.0. The lowest BCUT2D eigenvalue weighted by molar-refractivity contribution is -0.142. The number of aromatic nitrogens is 2. The number of anilines is 2. The molecule has 2 aromatic heterocycles. The minimum Gasteiger partial charge on any atom is -0.487 e. The highest BCUT2D eigenvalue weighted by molar-refractivity contribution is 5.99. The second kappa shape index (κ2) is 11.0. The van der Waals surface area contributed by atoms with E-state index in [9.17, 15) is 14.4 Å². The Hall–Kier alpha value is -4.66. The van der Waals surface area contributed by atoms with Crippen molar-refractivity contribution in [3.05, 3.63) is 101 Å². The molecule has 0 radical (unpaired) electrons. The molecule has 9 nitrogen and oxygen atoms in total. The molecule has 0 unspecified atom stereocenters. The Morgan fingerprint density at radius 3 is 2.31 bits per heavy atom. The number of ether oxygens (including phenoxy) is 2. The molecule has 0 saturated carbocycles. The van der Waals surface area contributed by atoms with Crippen LogP contribution in [0.4, 0.5) is 16.2 Å². The van der Waals surface area contributed by atoms with Gasteiger partial charge in [0.15, 0.2) is 0 Å². The molecule has 4 aromatic rings. The van der Waals surface area contributed by atoms with Crippen LogP contribution in [0.25, 0.3) is 5.65 Å². The van der Waals surface area contributed by atoms with E-state index < -0.39 is 6.03 Å². The fourth-order valence-corrected chi connectivity index (χ4v) is 3.35. The van der Waals surface area contributed by atoms with Crippen molar-refractivity contribution in [1.82, 2.24) is 9.38 Å². The molecule has 2 heterocycles. The first-order chi connectivity index (χ1) is 17.0. The van der Waals surface area contributed by atoms with E-state index in [4.69, 9.17) is 9.47 Å². The van der Waals surface area contributed by atoms with Crippen molar-refractivity contribution in [2.45, 2.75) is 20.0 Å². The van der Waals surface area contributed by atoms with Crippen LogP contribution in [-0.4, -0.2) is 28.0 Å². The zero-order chi connectivity index (χ0) is 24.6. The van der Waals surface area contributed by atoms with Crippen LogP contribution in [0.3, 0.4) is 0 Å². The molecule has 0 saturated heterocycles. The van der Waals surface area contributed by atoms with Gasteiger partial charge < -0.3 is 20.1 Å². The molecule has 0 spiro atoms. The van der Waals surface area contributed by atoms with Gasteiger partial charge in [0.2, 0.25) is 0 Å². The lowest BCUT2D eigenvalue weighted by Crippen LogP contribution is -2.19. The third-order valence-corrected chi connectivity index (χ3v) is 4.99. The molecule has 9 heteroatoms. The summed E-state index contributed by atoms with van der Waals surface area (Å²) in [4.78, 5) is 40.4. The summed E-state index contributed by atoms with van der Waals surface area (Å²) in [5.41, 5.74) is 2.88. The van der Waals surface area contributed by atoms with Gasteiger partial charge in [-0.1, -0.05) is 18.2 Å². The predicted octanol–water partition coefficient (Wildman–Crippen LogP) is 4.02. The van der Waals surface area contributed by atoms with Crippen LogP contribution in [0.1, 0.15) is 18.2 Å². The third-order valence-electron chi connectivity index (χ3n) is 4.99. The molecule has 0 atom stereocenters. The van der Waals surface area contributed by atoms with Gasteiger partial charge in [0.25, 0.3) is 5.56 Å². The van der Waals surface area contributed by atoms with Crippen LogP contribution in [0, 0.1) is 0 Å². The minimum absolute atomic E-state index is 0.139. The van der Waals surface area contributed by atoms with Gasteiger partial charge in [-0.05, 0) is 61.0 Å². The van der Waals surface area contributed by atoms with Gasteiger partial charge in [-0.25, -0.2) is 9.78 Å². The zero-order valence-electron chi connectivity index (χ0n) is 19.1. The summed E-state index contributed by atoms with van der Waals surface area (Å²) in [7, 11) is 0. The lowest BCUT2D eigenvalue weighted by Gasteiger charge is -2.10. The number of amides is 2. The Morgan fingerprint density at radius 1 is 0.943 bits per heavy atom. The highest BCUT2D eigenvalue weighted by Crippen LogP contribution is 2.18. The monoisotopic (exact) mass is 472 g/mol. The SMILES string of the molecule is CCOC(=O)Cc1ccc(NC(=O)Nc2ccc(OCc3cc(=O)n4ccccc4n3)cc2)cc1. The Bertz CT molecular complexity index is 1380. The molecular formula is C26H24N4O5. The Balaban J connectivity index is 1.28. The van der Waals surface area contributed by atoms with Crippen molar-refractivity contribution in [3.8, 4) is 5.75 Å². The zero-order valence-corrected chi connectivity index (χ0v) is 19.1. The topological polar surface area (TPSA) is 111 Å². The summed E-state index contributed by atoms with van der Waals surface area (Å²) in [5.74, 6) is 0.282. The van der Waals surface area contributed by atoms with Gasteiger partial charge in [0, 0.05) is 23.6 Å². The molecule has 2 amide bonds. The van der Waals surface area contributed by atoms with Gasteiger partial charge in [0.1, 0.15) is 18.0 Å². The first kappa shape index (κ1) is 23.5. The van der Waals surface area contributed by atoms with E-state index in [0.29, 0.717) is 35.1 Å². The fraction of sp³-hybridized carbons (Fsp3) is 0.154. The van der Waals surface area contributed by atoms with Crippen molar-refractivity contribution in [2.75, 3.05) is 17.2 Å². The number of hydrogen-bond acceptors (Lipinski definition) is 6. The number of carbonyl (C=O) groups is 2. The van der Waals surface area contributed by atoms with E-state index in [2.05, 4.69) is 15.6 Å². The second-order valence-corrected chi connectivity index (χ2v) is 7.59. The summed E-state index contributed by atoms with van der Waals surface area (Å²) in [6.07, 6.45) is 1.85. The van der Waals surface area contributed by atoms with Crippen LogP contribution < -0.4 is 20.9 Å². The van der Waals surface area contributed by atoms with Gasteiger partial charge in [-0.3, -0.25) is 14.0 Å². The normalized spacial score (nSPS) is 10.5. The van der Waals surface area contributed by atoms with Crippen molar-refractivity contribution >= 4 is 29.0 Å². The Morgan fingerprint density at radius 2 is 1.63 bits per heavy atom. The maximum absolute atomic E-state index is 12.3. The second-order valence-electron chi connectivity index (χ2n) is 7.59. The molecule has 0 bridgehead atoms. The number of nitrogens with zero attached hydrogens (tertiary/aromatic N) is 2. The van der Waals surface area contributed by atoms with E-state index in [1.165, 1.54) is 10.5 Å². The molecular weight excluding hydrogens is 448 g/mol. The smallest absolute Gasteiger partial charge is 0.323 e. The maximum atomic E-state index is 12.3. The molecule has 0 aliphatic carbocycles. The summed E-state index contributed by atoms with van der Waals surface area (Å²) in [6.45, 7) is 2.24. The molecule has 2 N–H and O–H groups in total. The van der Waals surface area contributed by atoms with Crippen LogP contribution in [0.2, 0.25) is 0 Å². The number of fused-ring (bicyclic) bond motifs is 1.